The van der Waals surface area contributed by atoms with Crippen LogP contribution < -0.4 is 0 Å². The van der Waals surface area contributed by atoms with E-state index in [0.717, 1.165) is 5.71 Å². The molecule has 0 spiro atoms. The maximum atomic E-state index is 11.2. The first kappa shape index (κ1) is 11.9. The van der Waals surface area contributed by atoms with E-state index in [9.17, 15) is 4.79 Å². The summed E-state index contributed by atoms with van der Waals surface area (Å²) in [6.07, 6.45) is 1.72. The molecule has 0 aromatic carbocycles. The fraction of sp³-hybridized carbons (Fsp3) is 0.600. The number of rotatable bonds is 3. The molecule has 13 heavy (non-hydrogen) atoms. The summed E-state index contributed by atoms with van der Waals surface area (Å²) < 4.78 is 4.62. The van der Waals surface area contributed by atoms with Gasteiger partial charge in [0.2, 0.25) is 0 Å². The summed E-state index contributed by atoms with van der Waals surface area (Å²) in [6, 6.07) is 0.194. The SMILES string of the molecule is C/C=C(/C(=O)OC)C(C)=NC(C)C. The Hall–Kier alpha value is -1.12. The van der Waals surface area contributed by atoms with E-state index in [1.165, 1.54) is 7.11 Å². The zero-order chi connectivity index (χ0) is 10.4. The molecule has 0 fully saturated rings. The predicted octanol–water partition coefficient (Wildman–Crippen LogP) is 1.98. The molecule has 0 saturated carbocycles. The van der Waals surface area contributed by atoms with Crippen LogP contribution in [0.15, 0.2) is 16.6 Å². The maximum Gasteiger partial charge on any atom is 0.339 e. The van der Waals surface area contributed by atoms with Gasteiger partial charge >= 0.3 is 5.97 Å². The molecule has 0 heterocycles. The highest BCUT2D eigenvalue weighted by molar-refractivity contribution is 6.18. The largest absolute Gasteiger partial charge is 0.465 e. The van der Waals surface area contributed by atoms with E-state index in [-0.39, 0.29) is 12.0 Å². The highest BCUT2D eigenvalue weighted by Gasteiger charge is 2.11. The van der Waals surface area contributed by atoms with Crippen LogP contribution in [0.3, 0.4) is 0 Å². The summed E-state index contributed by atoms with van der Waals surface area (Å²) in [7, 11) is 1.37. The van der Waals surface area contributed by atoms with E-state index in [1.807, 2.05) is 20.8 Å². The zero-order valence-corrected chi connectivity index (χ0v) is 8.92. The molecule has 0 aliphatic heterocycles. The van der Waals surface area contributed by atoms with Crippen LogP contribution in [0.1, 0.15) is 27.7 Å². The minimum atomic E-state index is -0.329. The van der Waals surface area contributed by atoms with Crippen LogP contribution in [-0.4, -0.2) is 24.8 Å². The number of aliphatic imine (C=N–C) groups is 1. The van der Waals surface area contributed by atoms with Crippen LogP contribution in [0.2, 0.25) is 0 Å². The molecular formula is C10H17NO2. The molecule has 0 N–H and O–H groups in total. The minimum Gasteiger partial charge on any atom is -0.465 e. The fourth-order valence-corrected chi connectivity index (χ4v) is 1.04. The van der Waals surface area contributed by atoms with Gasteiger partial charge in [0.15, 0.2) is 0 Å². The summed E-state index contributed by atoms with van der Waals surface area (Å²) in [5, 5.41) is 0. The Balaban J connectivity index is 4.71. The van der Waals surface area contributed by atoms with Crippen molar-refractivity contribution in [3.63, 3.8) is 0 Å². The van der Waals surface area contributed by atoms with Gasteiger partial charge in [0.05, 0.1) is 12.7 Å². The third-order valence-corrected chi connectivity index (χ3v) is 1.54. The standard InChI is InChI=1S/C10H17NO2/c1-6-9(10(12)13-5)8(4)11-7(2)3/h6-7H,1-5H3/b9-6+,11-8?. The summed E-state index contributed by atoms with van der Waals surface area (Å²) in [6.45, 7) is 7.54. The molecule has 3 heteroatoms. The second kappa shape index (κ2) is 5.51. The number of carbonyl (C=O) groups excluding carboxylic acids is 1. The lowest BCUT2D eigenvalue weighted by molar-refractivity contribution is -0.135. The fourth-order valence-electron chi connectivity index (χ4n) is 1.04. The monoisotopic (exact) mass is 183 g/mol. The summed E-state index contributed by atoms with van der Waals surface area (Å²) in [5.74, 6) is -0.329. The molecule has 0 radical (unpaired) electrons. The van der Waals surface area contributed by atoms with E-state index < -0.39 is 0 Å². The van der Waals surface area contributed by atoms with Crippen LogP contribution in [0, 0.1) is 0 Å². The van der Waals surface area contributed by atoms with Crippen LogP contribution in [-0.2, 0) is 9.53 Å². The van der Waals surface area contributed by atoms with Gasteiger partial charge in [0.25, 0.3) is 0 Å². The first-order chi connectivity index (χ1) is 6.02. The van der Waals surface area contributed by atoms with Crippen molar-refractivity contribution in [1.82, 2.24) is 0 Å². The van der Waals surface area contributed by atoms with Crippen molar-refractivity contribution >= 4 is 11.7 Å². The van der Waals surface area contributed by atoms with Crippen molar-refractivity contribution in [3.05, 3.63) is 11.6 Å². The first-order valence-electron chi connectivity index (χ1n) is 4.32. The second-order valence-electron chi connectivity index (χ2n) is 3.00. The van der Waals surface area contributed by atoms with Crippen LogP contribution >= 0.6 is 0 Å². The quantitative estimate of drug-likeness (QED) is 0.381. The van der Waals surface area contributed by atoms with Crippen molar-refractivity contribution in [1.29, 1.82) is 0 Å². The highest BCUT2D eigenvalue weighted by Crippen LogP contribution is 2.03. The van der Waals surface area contributed by atoms with Crippen molar-refractivity contribution in [2.75, 3.05) is 7.11 Å². The summed E-state index contributed by atoms with van der Waals surface area (Å²) >= 11 is 0. The molecule has 74 valence electrons. The maximum absolute atomic E-state index is 11.2. The average Bonchev–Trinajstić information content (AvgIpc) is 2.03. The number of methoxy groups -OCH3 is 1. The van der Waals surface area contributed by atoms with E-state index in [4.69, 9.17) is 0 Å². The smallest absolute Gasteiger partial charge is 0.339 e. The van der Waals surface area contributed by atoms with Crippen molar-refractivity contribution in [2.24, 2.45) is 4.99 Å². The number of nitrogens with zero attached hydrogens (tertiary/aromatic N) is 1. The Bertz CT molecular complexity index is 239. The molecule has 0 aromatic heterocycles. The van der Waals surface area contributed by atoms with Crippen molar-refractivity contribution < 1.29 is 9.53 Å². The second-order valence-corrected chi connectivity index (χ2v) is 3.00. The van der Waals surface area contributed by atoms with E-state index in [1.54, 1.807) is 13.0 Å². The molecule has 0 unspecified atom stereocenters. The molecule has 0 aromatic rings. The molecule has 0 aliphatic rings. The lowest BCUT2D eigenvalue weighted by Gasteiger charge is -2.05. The van der Waals surface area contributed by atoms with Crippen LogP contribution in [0.25, 0.3) is 0 Å². The Kier molecular flexibility index (Phi) is 5.04. The van der Waals surface area contributed by atoms with E-state index in [0.29, 0.717) is 5.57 Å². The van der Waals surface area contributed by atoms with Gasteiger partial charge in [0, 0.05) is 11.8 Å². The van der Waals surface area contributed by atoms with Gasteiger partial charge in [-0.05, 0) is 27.7 Å². The van der Waals surface area contributed by atoms with Crippen LogP contribution in [0.4, 0.5) is 0 Å². The predicted molar refractivity (Wildman–Crippen MR) is 54.0 cm³/mol. The van der Waals surface area contributed by atoms with Gasteiger partial charge in [-0.1, -0.05) is 6.08 Å². The molecule has 0 bridgehead atoms. The van der Waals surface area contributed by atoms with Gasteiger partial charge in [-0.3, -0.25) is 4.99 Å². The molecular weight excluding hydrogens is 166 g/mol. The number of hydrogen-bond donors (Lipinski definition) is 0. The Morgan fingerprint density at radius 3 is 2.31 bits per heavy atom. The normalized spacial score (nSPS) is 13.4. The van der Waals surface area contributed by atoms with Gasteiger partial charge in [-0.25, -0.2) is 4.79 Å². The number of ether oxygens (including phenoxy) is 1. The Labute approximate surface area is 79.5 Å². The molecule has 3 nitrogen and oxygen atoms in total. The lowest BCUT2D eigenvalue weighted by atomic mass is 10.1. The number of hydrogen-bond acceptors (Lipinski definition) is 3. The highest BCUT2D eigenvalue weighted by atomic mass is 16.5. The molecule has 0 atom stereocenters. The van der Waals surface area contributed by atoms with Gasteiger partial charge in [0.1, 0.15) is 0 Å². The first-order valence-corrected chi connectivity index (χ1v) is 4.32. The third kappa shape index (κ3) is 3.87. The summed E-state index contributed by atoms with van der Waals surface area (Å²) in [4.78, 5) is 15.5. The van der Waals surface area contributed by atoms with E-state index in [2.05, 4.69) is 9.73 Å². The Morgan fingerprint density at radius 2 is 2.00 bits per heavy atom. The number of carbonyl (C=O) groups is 1. The van der Waals surface area contributed by atoms with Gasteiger partial charge < -0.3 is 4.74 Å². The van der Waals surface area contributed by atoms with E-state index >= 15 is 0 Å². The van der Waals surface area contributed by atoms with Crippen molar-refractivity contribution in [3.8, 4) is 0 Å². The molecule has 0 saturated heterocycles. The molecule has 0 aliphatic carbocycles. The topological polar surface area (TPSA) is 38.7 Å². The lowest BCUT2D eigenvalue weighted by Crippen LogP contribution is -2.13. The van der Waals surface area contributed by atoms with Crippen molar-refractivity contribution in [2.45, 2.75) is 33.7 Å². The van der Waals surface area contributed by atoms with Crippen LogP contribution in [0.5, 0.6) is 0 Å². The number of esters is 1. The van der Waals surface area contributed by atoms with Gasteiger partial charge in [-0.2, -0.15) is 0 Å². The zero-order valence-electron chi connectivity index (χ0n) is 8.92. The van der Waals surface area contributed by atoms with Gasteiger partial charge in [-0.15, -0.1) is 0 Å². The average molecular weight is 183 g/mol. The number of allylic oxidation sites excluding steroid dienone is 1. The molecule has 0 rings (SSSR count). The summed E-state index contributed by atoms with van der Waals surface area (Å²) in [5.41, 5.74) is 1.26. The Morgan fingerprint density at radius 1 is 1.46 bits per heavy atom. The third-order valence-electron chi connectivity index (χ3n) is 1.54. The minimum absolute atomic E-state index is 0.194. The molecule has 0 amide bonds.